The van der Waals surface area contributed by atoms with E-state index in [1.165, 1.54) is 24.3 Å². The molecule has 0 unspecified atom stereocenters. The highest BCUT2D eigenvalue weighted by Crippen LogP contribution is 2.27. The minimum absolute atomic E-state index is 0.217. The van der Waals surface area contributed by atoms with Crippen LogP contribution in [0.1, 0.15) is 21.5 Å². The van der Waals surface area contributed by atoms with E-state index < -0.39 is 35.0 Å². The summed E-state index contributed by atoms with van der Waals surface area (Å²) in [6, 6.07) is 10.9. The molecule has 27 heavy (non-hydrogen) atoms. The largest absolute Gasteiger partial charge is 0.465 e. The first-order valence-corrected chi connectivity index (χ1v) is 7.81. The van der Waals surface area contributed by atoms with Gasteiger partial charge in [0.1, 0.15) is 5.82 Å². The highest BCUT2D eigenvalue weighted by Gasteiger charge is 2.70. The van der Waals surface area contributed by atoms with E-state index >= 15 is 0 Å². The monoisotopic (exact) mass is 380 g/mol. The minimum atomic E-state index is -5.19. The standard InChI is InChI=1S/C18H13F4N3O2/c1-10-6-8-11(9-7-10)14-23-16(27)17(24-14,18(20,21)22)25-15(26)12-4-2-3-5-13(12)19/h2-9H,1H3,(H,25,26)(H,23,24,27)/p+1/t17-/m1/s1. The Morgan fingerprint density at radius 1 is 1.11 bits per heavy atom. The molecule has 1 heterocycles. The number of halogens is 4. The Bertz CT molecular complexity index is 938. The Labute approximate surface area is 151 Å². The fourth-order valence-corrected chi connectivity index (χ4v) is 2.59. The first-order valence-electron chi connectivity index (χ1n) is 7.81. The van der Waals surface area contributed by atoms with Crippen LogP contribution in [-0.2, 0) is 4.79 Å². The third kappa shape index (κ3) is 3.27. The van der Waals surface area contributed by atoms with Crippen molar-refractivity contribution in [2.24, 2.45) is 0 Å². The molecule has 1 aliphatic heterocycles. The van der Waals surface area contributed by atoms with E-state index in [9.17, 15) is 27.2 Å². The van der Waals surface area contributed by atoms with Gasteiger partial charge in [-0.1, -0.05) is 29.8 Å². The summed E-state index contributed by atoms with van der Waals surface area (Å²) in [5.41, 5.74) is -2.87. The maximum Gasteiger partial charge on any atom is 0.465 e. The summed E-state index contributed by atoms with van der Waals surface area (Å²) in [5.74, 6) is -4.12. The van der Waals surface area contributed by atoms with Crippen molar-refractivity contribution in [2.75, 3.05) is 0 Å². The Morgan fingerprint density at radius 3 is 2.33 bits per heavy atom. The quantitative estimate of drug-likeness (QED) is 0.689. The maximum absolute atomic E-state index is 13.8. The van der Waals surface area contributed by atoms with Gasteiger partial charge in [-0.2, -0.15) is 13.2 Å². The molecular weight excluding hydrogens is 366 g/mol. The second kappa shape index (κ2) is 6.49. The molecule has 1 atom stereocenters. The van der Waals surface area contributed by atoms with Gasteiger partial charge in [-0.15, -0.1) is 0 Å². The Hall–Kier alpha value is -3.23. The molecule has 0 aliphatic carbocycles. The molecule has 9 heteroatoms. The van der Waals surface area contributed by atoms with Crippen LogP contribution in [0.25, 0.3) is 0 Å². The van der Waals surface area contributed by atoms with Gasteiger partial charge in [-0.25, -0.2) is 19.5 Å². The van der Waals surface area contributed by atoms with Crippen LogP contribution in [0.2, 0.25) is 0 Å². The summed E-state index contributed by atoms with van der Waals surface area (Å²) in [7, 11) is 0. The average Bonchev–Trinajstić information content (AvgIpc) is 2.93. The number of benzene rings is 2. The summed E-state index contributed by atoms with van der Waals surface area (Å²) < 4.78 is 55.0. The van der Waals surface area contributed by atoms with Crippen LogP contribution in [0.4, 0.5) is 17.6 Å². The molecule has 3 rings (SSSR count). The zero-order valence-electron chi connectivity index (χ0n) is 13.9. The van der Waals surface area contributed by atoms with E-state index in [0.717, 1.165) is 17.7 Å². The molecular formula is C18H14F4N3O2+. The van der Waals surface area contributed by atoms with Crippen LogP contribution in [0.15, 0.2) is 48.5 Å². The molecule has 0 aromatic heterocycles. The number of amidine groups is 1. The van der Waals surface area contributed by atoms with Crippen LogP contribution in [-0.4, -0.2) is 29.5 Å². The highest BCUT2D eigenvalue weighted by atomic mass is 19.4. The SMILES string of the molecule is Cc1ccc(C2=[NH+][C@](NC(=O)c3ccccc3F)(C(F)(F)F)C(=O)N2)cc1. The molecule has 0 bridgehead atoms. The molecule has 2 amide bonds. The van der Waals surface area contributed by atoms with Crippen LogP contribution < -0.4 is 15.6 Å². The number of hydrogen-bond donors (Lipinski definition) is 3. The number of nitrogens with one attached hydrogen (secondary N) is 3. The second-order valence-corrected chi connectivity index (χ2v) is 6.00. The van der Waals surface area contributed by atoms with Crippen molar-refractivity contribution in [1.82, 2.24) is 10.6 Å². The third-order valence-electron chi connectivity index (χ3n) is 4.08. The maximum atomic E-state index is 13.8. The number of amides is 2. The van der Waals surface area contributed by atoms with Crippen molar-refractivity contribution in [1.29, 1.82) is 0 Å². The highest BCUT2D eigenvalue weighted by molar-refractivity contribution is 6.11. The number of alkyl halides is 3. The van der Waals surface area contributed by atoms with E-state index in [4.69, 9.17) is 0 Å². The van der Waals surface area contributed by atoms with Gasteiger partial charge in [0.05, 0.1) is 11.1 Å². The first-order chi connectivity index (χ1) is 12.6. The van der Waals surface area contributed by atoms with Crippen molar-refractivity contribution in [3.8, 4) is 0 Å². The fourth-order valence-electron chi connectivity index (χ4n) is 2.59. The zero-order chi connectivity index (χ0) is 19.8. The van der Waals surface area contributed by atoms with Gasteiger partial charge < -0.3 is 0 Å². The van der Waals surface area contributed by atoms with Crippen molar-refractivity contribution in [2.45, 2.75) is 18.8 Å². The molecule has 0 saturated carbocycles. The Balaban J connectivity index is 2.03. The molecule has 0 saturated heterocycles. The van der Waals surface area contributed by atoms with Crippen LogP contribution in [0, 0.1) is 12.7 Å². The predicted octanol–water partition coefficient (Wildman–Crippen LogP) is 0.780. The van der Waals surface area contributed by atoms with E-state index in [-0.39, 0.29) is 5.84 Å². The lowest BCUT2D eigenvalue weighted by atomic mass is 10.1. The van der Waals surface area contributed by atoms with Crippen molar-refractivity contribution < 1.29 is 32.1 Å². The van der Waals surface area contributed by atoms with Crippen LogP contribution in [0.5, 0.6) is 0 Å². The second-order valence-electron chi connectivity index (χ2n) is 6.00. The van der Waals surface area contributed by atoms with E-state index in [1.807, 2.05) is 4.99 Å². The lowest BCUT2D eigenvalue weighted by molar-refractivity contribution is -0.580. The van der Waals surface area contributed by atoms with Crippen molar-refractivity contribution in [3.63, 3.8) is 0 Å². The average molecular weight is 380 g/mol. The van der Waals surface area contributed by atoms with Gasteiger partial charge in [0, 0.05) is 0 Å². The van der Waals surface area contributed by atoms with Gasteiger partial charge >= 0.3 is 17.7 Å². The van der Waals surface area contributed by atoms with Crippen molar-refractivity contribution in [3.05, 3.63) is 71.0 Å². The topological polar surface area (TPSA) is 72.2 Å². The molecule has 140 valence electrons. The molecule has 5 nitrogen and oxygen atoms in total. The number of carbonyl (C=O) groups is 2. The number of carbonyl (C=O) groups excluding carboxylic acids is 2. The van der Waals surface area contributed by atoms with E-state index in [2.05, 4.69) is 5.32 Å². The first kappa shape index (κ1) is 18.6. The molecule has 0 radical (unpaired) electrons. The molecule has 0 spiro atoms. The molecule has 2 aromatic rings. The van der Waals surface area contributed by atoms with Gasteiger partial charge in [-0.05, 0) is 31.2 Å². The van der Waals surface area contributed by atoms with Gasteiger partial charge in [-0.3, -0.25) is 10.1 Å². The van der Waals surface area contributed by atoms with Gasteiger partial charge in [0.25, 0.3) is 11.7 Å². The molecule has 2 aromatic carbocycles. The third-order valence-corrected chi connectivity index (χ3v) is 4.08. The lowest BCUT2D eigenvalue weighted by Gasteiger charge is -2.23. The summed E-state index contributed by atoms with van der Waals surface area (Å²) in [6.45, 7) is 1.80. The summed E-state index contributed by atoms with van der Waals surface area (Å²) in [5, 5.41) is 3.70. The number of rotatable bonds is 3. The van der Waals surface area contributed by atoms with Gasteiger partial charge in [0.2, 0.25) is 0 Å². The van der Waals surface area contributed by atoms with Crippen LogP contribution in [0.3, 0.4) is 0 Å². The predicted molar refractivity (Wildman–Crippen MR) is 87.0 cm³/mol. The minimum Gasteiger partial charge on any atom is -0.293 e. The molecule has 1 aliphatic rings. The van der Waals surface area contributed by atoms with Crippen molar-refractivity contribution >= 4 is 17.6 Å². The van der Waals surface area contributed by atoms with E-state index in [0.29, 0.717) is 5.56 Å². The van der Waals surface area contributed by atoms with Crippen LogP contribution >= 0.6 is 0 Å². The summed E-state index contributed by atoms with van der Waals surface area (Å²) >= 11 is 0. The van der Waals surface area contributed by atoms with Gasteiger partial charge in [0.15, 0.2) is 0 Å². The smallest absolute Gasteiger partial charge is 0.293 e. The molecule has 0 fully saturated rings. The van der Waals surface area contributed by atoms with E-state index in [1.54, 1.807) is 24.4 Å². The number of aryl methyl sites for hydroxylation is 1. The lowest BCUT2D eigenvalue weighted by Crippen LogP contribution is -2.96. The Morgan fingerprint density at radius 2 is 1.74 bits per heavy atom. The molecule has 3 N–H and O–H groups in total. The summed E-state index contributed by atoms with van der Waals surface area (Å²) in [4.78, 5) is 26.5. The summed E-state index contributed by atoms with van der Waals surface area (Å²) in [6.07, 6.45) is -5.19. The Kier molecular flexibility index (Phi) is 4.46. The normalized spacial score (nSPS) is 19.4. The number of hydrogen-bond acceptors (Lipinski definition) is 2. The zero-order valence-corrected chi connectivity index (χ0v) is 13.9. The fraction of sp³-hybridized carbons (Fsp3) is 0.167.